The highest BCUT2D eigenvalue weighted by Gasteiger charge is 2.26. The third-order valence-corrected chi connectivity index (χ3v) is 3.48. The van der Waals surface area contributed by atoms with Gasteiger partial charge in [-0.3, -0.25) is 0 Å². The van der Waals surface area contributed by atoms with Gasteiger partial charge in [0.05, 0.1) is 0 Å². The summed E-state index contributed by atoms with van der Waals surface area (Å²) in [5.74, 6) is 2.28. The van der Waals surface area contributed by atoms with Crippen LogP contribution in [0.15, 0.2) is 0 Å². The van der Waals surface area contributed by atoms with Crippen LogP contribution >= 0.6 is 0 Å². The summed E-state index contributed by atoms with van der Waals surface area (Å²) >= 11 is 0. The molecule has 66 valence electrons. The van der Waals surface area contributed by atoms with Gasteiger partial charge in [0.25, 0.3) is 0 Å². The number of hydrogen-bond donors (Lipinski definition) is 1. The minimum atomic E-state index is 0.437. The number of nitrogens with two attached hydrogens (primary N) is 1. The summed E-state index contributed by atoms with van der Waals surface area (Å²) in [6.45, 7) is 6.93. The van der Waals surface area contributed by atoms with Crippen LogP contribution in [0.5, 0.6) is 0 Å². The molecule has 0 aromatic carbocycles. The lowest BCUT2D eigenvalue weighted by Gasteiger charge is -2.26. The molecule has 1 aliphatic carbocycles. The molecule has 1 aliphatic rings. The fourth-order valence-corrected chi connectivity index (χ4v) is 2.11. The summed E-state index contributed by atoms with van der Waals surface area (Å²) in [7, 11) is 0. The molecular formula is C10H21N. The summed E-state index contributed by atoms with van der Waals surface area (Å²) in [6, 6.07) is 0.437. The molecule has 1 saturated carbocycles. The molecule has 0 spiro atoms. The van der Waals surface area contributed by atoms with Crippen LogP contribution in [0.1, 0.15) is 40.0 Å². The van der Waals surface area contributed by atoms with Gasteiger partial charge in [0.1, 0.15) is 0 Å². The van der Waals surface area contributed by atoms with E-state index in [2.05, 4.69) is 20.8 Å². The van der Waals surface area contributed by atoms with E-state index in [1.807, 2.05) is 0 Å². The van der Waals surface area contributed by atoms with Crippen LogP contribution in [0.2, 0.25) is 0 Å². The van der Waals surface area contributed by atoms with Gasteiger partial charge < -0.3 is 5.73 Å². The quantitative estimate of drug-likeness (QED) is 0.534. The molecule has 0 aliphatic heterocycles. The summed E-state index contributed by atoms with van der Waals surface area (Å²) in [6.07, 6.45) is 4.08. The van der Waals surface area contributed by atoms with Gasteiger partial charge in [-0.25, -0.2) is 0 Å². The van der Waals surface area contributed by atoms with E-state index in [9.17, 15) is 0 Å². The minimum absolute atomic E-state index is 0.437. The van der Waals surface area contributed by atoms with Crippen molar-refractivity contribution in [2.24, 2.45) is 23.5 Å². The van der Waals surface area contributed by atoms with Crippen molar-refractivity contribution in [1.82, 2.24) is 0 Å². The molecule has 0 heterocycles. The first kappa shape index (κ1) is 9.05. The van der Waals surface area contributed by atoms with E-state index in [4.69, 9.17) is 5.73 Å². The molecule has 4 atom stereocenters. The van der Waals surface area contributed by atoms with Crippen molar-refractivity contribution in [1.29, 1.82) is 0 Å². The smallest absolute Gasteiger partial charge is 0.00929 e. The first-order chi connectivity index (χ1) is 5.13. The Morgan fingerprint density at radius 2 is 1.55 bits per heavy atom. The van der Waals surface area contributed by atoms with E-state index in [-0.39, 0.29) is 0 Å². The summed E-state index contributed by atoms with van der Waals surface area (Å²) < 4.78 is 0. The Hall–Kier alpha value is -0.0400. The molecule has 1 rings (SSSR count). The number of rotatable bonds is 0. The standard InChI is InChI=1S/C10H21N/c1-7-5-4-6-8(2)10(11)9(7)3/h7-10H,4-6,11H2,1-3H3. The van der Waals surface area contributed by atoms with Gasteiger partial charge in [0.15, 0.2) is 0 Å². The van der Waals surface area contributed by atoms with E-state index >= 15 is 0 Å². The molecular weight excluding hydrogens is 134 g/mol. The van der Waals surface area contributed by atoms with Gasteiger partial charge in [-0.1, -0.05) is 33.6 Å². The van der Waals surface area contributed by atoms with Gasteiger partial charge in [0, 0.05) is 6.04 Å². The largest absolute Gasteiger partial charge is 0.327 e. The van der Waals surface area contributed by atoms with Gasteiger partial charge in [0.2, 0.25) is 0 Å². The third kappa shape index (κ3) is 1.96. The lowest BCUT2D eigenvalue weighted by Crippen LogP contribution is -2.36. The Bertz CT molecular complexity index is 108. The lowest BCUT2D eigenvalue weighted by molar-refractivity contribution is 0.290. The molecule has 1 nitrogen and oxygen atoms in total. The molecule has 0 saturated heterocycles. The molecule has 4 unspecified atom stereocenters. The van der Waals surface area contributed by atoms with Crippen LogP contribution in [0.4, 0.5) is 0 Å². The van der Waals surface area contributed by atoms with E-state index < -0.39 is 0 Å². The zero-order valence-electron chi connectivity index (χ0n) is 8.01. The Balaban J connectivity index is 2.58. The van der Waals surface area contributed by atoms with Crippen LogP contribution in [-0.4, -0.2) is 6.04 Å². The van der Waals surface area contributed by atoms with Crippen LogP contribution in [0.25, 0.3) is 0 Å². The molecule has 0 radical (unpaired) electrons. The molecule has 0 amide bonds. The molecule has 1 fully saturated rings. The maximum Gasteiger partial charge on any atom is 0.00929 e. The van der Waals surface area contributed by atoms with Crippen molar-refractivity contribution < 1.29 is 0 Å². The minimum Gasteiger partial charge on any atom is -0.327 e. The lowest BCUT2D eigenvalue weighted by atomic mass is 9.85. The molecule has 0 bridgehead atoms. The molecule has 2 N–H and O–H groups in total. The average Bonchev–Trinajstić information content (AvgIpc) is 2.07. The fraction of sp³-hybridized carbons (Fsp3) is 1.00. The zero-order valence-corrected chi connectivity index (χ0v) is 8.01. The zero-order chi connectivity index (χ0) is 8.43. The van der Waals surface area contributed by atoms with Crippen LogP contribution in [0.3, 0.4) is 0 Å². The summed E-state index contributed by atoms with van der Waals surface area (Å²) in [5, 5.41) is 0. The third-order valence-electron chi connectivity index (χ3n) is 3.48. The van der Waals surface area contributed by atoms with Crippen LogP contribution in [0, 0.1) is 17.8 Å². The van der Waals surface area contributed by atoms with Crippen molar-refractivity contribution in [3.8, 4) is 0 Å². The van der Waals surface area contributed by atoms with Crippen molar-refractivity contribution in [2.75, 3.05) is 0 Å². The highest BCUT2D eigenvalue weighted by atomic mass is 14.7. The van der Waals surface area contributed by atoms with Crippen molar-refractivity contribution in [3.05, 3.63) is 0 Å². The highest BCUT2D eigenvalue weighted by Crippen LogP contribution is 2.30. The Kier molecular flexibility index (Phi) is 2.94. The first-order valence-electron chi connectivity index (χ1n) is 4.88. The normalized spacial score (nSPS) is 46.9. The van der Waals surface area contributed by atoms with E-state index in [1.165, 1.54) is 19.3 Å². The average molecular weight is 155 g/mol. The van der Waals surface area contributed by atoms with Gasteiger partial charge in [-0.2, -0.15) is 0 Å². The van der Waals surface area contributed by atoms with Crippen molar-refractivity contribution in [2.45, 2.75) is 46.1 Å². The molecule has 0 aromatic rings. The van der Waals surface area contributed by atoms with E-state index in [0.29, 0.717) is 12.0 Å². The Morgan fingerprint density at radius 3 is 2.18 bits per heavy atom. The molecule has 0 aromatic heterocycles. The molecule has 11 heavy (non-hydrogen) atoms. The summed E-state index contributed by atoms with van der Waals surface area (Å²) in [4.78, 5) is 0. The predicted molar refractivity (Wildman–Crippen MR) is 49.3 cm³/mol. The van der Waals surface area contributed by atoms with Gasteiger partial charge in [-0.15, -0.1) is 0 Å². The van der Waals surface area contributed by atoms with Crippen molar-refractivity contribution in [3.63, 3.8) is 0 Å². The maximum absolute atomic E-state index is 6.11. The van der Waals surface area contributed by atoms with Gasteiger partial charge in [-0.05, 0) is 24.2 Å². The number of hydrogen-bond acceptors (Lipinski definition) is 1. The topological polar surface area (TPSA) is 26.0 Å². The summed E-state index contributed by atoms with van der Waals surface area (Å²) in [5.41, 5.74) is 6.11. The van der Waals surface area contributed by atoms with Crippen molar-refractivity contribution >= 4 is 0 Å². The van der Waals surface area contributed by atoms with Gasteiger partial charge >= 0.3 is 0 Å². The second-order valence-corrected chi connectivity index (χ2v) is 4.32. The molecule has 1 heteroatoms. The van der Waals surface area contributed by atoms with Crippen LogP contribution in [-0.2, 0) is 0 Å². The Labute approximate surface area is 70.4 Å². The van der Waals surface area contributed by atoms with Crippen LogP contribution < -0.4 is 5.73 Å². The second-order valence-electron chi connectivity index (χ2n) is 4.32. The fourth-order valence-electron chi connectivity index (χ4n) is 2.11. The van der Waals surface area contributed by atoms with E-state index in [1.54, 1.807) is 0 Å². The predicted octanol–water partition coefficient (Wildman–Crippen LogP) is 2.41. The van der Waals surface area contributed by atoms with E-state index in [0.717, 1.165) is 11.8 Å². The maximum atomic E-state index is 6.11. The SMILES string of the molecule is CC1CCCC(C)C(N)C1C. The Morgan fingerprint density at radius 1 is 1.00 bits per heavy atom. The first-order valence-corrected chi connectivity index (χ1v) is 4.88. The monoisotopic (exact) mass is 155 g/mol. The highest BCUT2D eigenvalue weighted by molar-refractivity contribution is 4.81. The second kappa shape index (κ2) is 3.57.